The van der Waals surface area contributed by atoms with Crippen LogP contribution in [0.25, 0.3) is 21.8 Å². The normalized spacial score (nSPS) is 15.3. The lowest BCUT2D eigenvalue weighted by Gasteiger charge is -2.25. The Labute approximate surface area is 159 Å². The molecule has 5 nitrogen and oxygen atoms in total. The molecular formula is C22H27NO4. The van der Waals surface area contributed by atoms with Gasteiger partial charge in [0.15, 0.2) is 23.0 Å². The van der Waals surface area contributed by atoms with Gasteiger partial charge in [0, 0.05) is 28.9 Å². The standard InChI is InChI=1S/C22H27NO4/c1-24-19-10-15-16-11-20(25-2)22(27-4)13-18(16)23(14-8-6-5-7-9-14)17(15)12-21(19)26-3/h10-14H,5-9H2,1-4H3. The highest BCUT2D eigenvalue weighted by Gasteiger charge is 2.23. The number of fused-ring (bicyclic) bond motifs is 3. The van der Waals surface area contributed by atoms with Gasteiger partial charge in [0.25, 0.3) is 0 Å². The van der Waals surface area contributed by atoms with Gasteiger partial charge in [-0.15, -0.1) is 0 Å². The van der Waals surface area contributed by atoms with Crippen molar-refractivity contribution in [1.29, 1.82) is 0 Å². The maximum absolute atomic E-state index is 5.58. The summed E-state index contributed by atoms with van der Waals surface area (Å²) in [4.78, 5) is 0. The van der Waals surface area contributed by atoms with E-state index in [4.69, 9.17) is 18.9 Å². The molecular weight excluding hydrogens is 342 g/mol. The number of benzene rings is 2. The minimum atomic E-state index is 0.481. The number of aromatic nitrogens is 1. The first-order valence-corrected chi connectivity index (χ1v) is 9.53. The van der Waals surface area contributed by atoms with Crippen LogP contribution in [0.1, 0.15) is 38.1 Å². The Morgan fingerprint density at radius 1 is 0.630 bits per heavy atom. The molecule has 27 heavy (non-hydrogen) atoms. The Morgan fingerprint density at radius 3 is 1.44 bits per heavy atom. The van der Waals surface area contributed by atoms with Crippen LogP contribution in [0.4, 0.5) is 0 Å². The smallest absolute Gasteiger partial charge is 0.162 e. The van der Waals surface area contributed by atoms with Crippen molar-refractivity contribution in [1.82, 2.24) is 4.57 Å². The minimum Gasteiger partial charge on any atom is -0.493 e. The number of nitrogens with zero attached hydrogens (tertiary/aromatic N) is 1. The summed E-state index contributed by atoms with van der Waals surface area (Å²) >= 11 is 0. The van der Waals surface area contributed by atoms with Gasteiger partial charge in [-0.3, -0.25) is 0 Å². The summed E-state index contributed by atoms with van der Waals surface area (Å²) in [7, 11) is 6.72. The first kappa shape index (κ1) is 17.8. The lowest BCUT2D eigenvalue weighted by molar-refractivity contribution is 0.352. The third-order valence-corrected chi connectivity index (χ3v) is 5.75. The average Bonchev–Trinajstić information content (AvgIpc) is 3.04. The topological polar surface area (TPSA) is 41.9 Å². The maximum Gasteiger partial charge on any atom is 0.162 e. The molecule has 0 N–H and O–H groups in total. The molecule has 1 aliphatic carbocycles. The summed E-state index contributed by atoms with van der Waals surface area (Å²) in [5.74, 6) is 2.98. The van der Waals surface area contributed by atoms with Gasteiger partial charge in [-0.25, -0.2) is 0 Å². The molecule has 0 radical (unpaired) electrons. The van der Waals surface area contributed by atoms with Crippen molar-refractivity contribution in [3.05, 3.63) is 24.3 Å². The second kappa shape index (κ2) is 7.22. The quantitative estimate of drug-likeness (QED) is 0.609. The van der Waals surface area contributed by atoms with Crippen molar-refractivity contribution in [2.24, 2.45) is 0 Å². The molecule has 144 valence electrons. The molecule has 0 unspecified atom stereocenters. The third-order valence-electron chi connectivity index (χ3n) is 5.75. The molecule has 1 heterocycles. The molecule has 1 aliphatic rings. The van der Waals surface area contributed by atoms with Gasteiger partial charge in [-0.1, -0.05) is 19.3 Å². The molecule has 2 aromatic carbocycles. The Morgan fingerprint density at radius 2 is 1.04 bits per heavy atom. The summed E-state index contributed by atoms with van der Waals surface area (Å²) in [6, 6.07) is 8.82. The summed E-state index contributed by atoms with van der Waals surface area (Å²) in [6.45, 7) is 0. The number of ether oxygens (including phenoxy) is 4. The fourth-order valence-electron chi connectivity index (χ4n) is 4.43. The van der Waals surface area contributed by atoms with Gasteiger partial charge in [-0.2, -0.15) is 0 Å². The van der Waals surface area contributed by atoms with E-state index in [0.717, 1.165) is 33.8 Å². The van der Waals surface area contributed by atoms with Gasteiger partial charge in [0.1, 0.15) is 0 Å². The summed E-state index contributed by atoms with van der Waals surface area (Å²) in [5.41, 5.74) is 2.34. The van der Waals surface area contributed by atoms with Crippen LogP contribution in [0.5, 0.6) is 23.0 Å². The van der Waals surface area contributed by atoms with Crippen LogP contribution in [-0.4, -0.2) is 33.0 Å². The third kappa shape index (κ3) is 2.85. The fraction of sp³-hybridized carbons (Fsp3) is 0.455. The molecule has 1 aromatic heterocycles. The van der Waals surface area contributed by atoms with E-state index < -0.39 is 0 Å². The lowest BCUT2D eigenvalue weighted by Crippen LogP contribution is -2.12. The Kier molecular flexibility index (Phi) is 4.77. The largest absolute Gasteiger partial charge is 0.493 e. The molecule has 3 aromatic rings. The second-order valence-corrected chi connectivity index (χ2v) is 7.11. The van der Waals surface area contributed by atoms with E-state index in [-0.39, 0.29) is 0 Å². The van der Waals surface area contributed by atoms with Crippen LogP contribution in [0.3, 0.4) is 0 Å². The van der Waals surface area contributed by atoms with E-state index >= 15 is 0 Å². The van der Waals surface area contributed by atoms with Crippen molar-refractivity contribution in [3.63, 3.8) is 0 Å². The highest BCUT2D eigenvalue weighted by atomic mass is 16.5. The van der Waals surface area contributed by atoms with E-state index in [1.165, 1.54) is 43.1 Å². The Bertz CT molecular complexity index is 900. The van der Waals surface area contributed by atoms with Crippen LogP contribution >= 0.6 is 0 Å². The molecule has 1 saturated carbocycles. The van der Waals surface area contributed by atoms with Gasteiger partial charge in [0.2, 0.25) is 0 Å². The van der Waals surface area contributed by atoms with Crippen molar-refractivity contribution in [3.8, 4) is 23.0 Å². The highest BCUT2D eigenvalue weighted by molar-refractivity contribution is 6.10. The fourth-order valence-corrected chi connectivity index (χ4v) is 4.43. The van der Waals surface area contributed by atoms with Crippen molar-refractivity contribution < 1.29 is 18.9 Å². The molecule has 0 aliphatic heterocycles. The lowest BCUT2D eigenvalue weighted by atomic mass is 9.95. The van der Waals surface area contributed by atoms with E-state index in [0.29, 0.717) is 6.04 Å². The van der Waals surface area contributed by atoms with Crippen molar-refractivity contribution >= 4 is 21.8 Å². The van der Waals surface area contributed by atoms with E-state index in [2.05, 4.69) is 28.8 Å². The van der Waals surface area contributed by atoms with Crippen LogP contribution in [0.2, 0.25) is 0 Å². The van der Waals surface area contributed by atoms with Crippen LogP contribution < -0.4 is 18.9 Å². The predicted molar refractivity (Wildman–Crippen MR) is 108 cm³/mol. The second-order valence-electron chi connectivity index (χ2n) is 7.11. The SMILES string of the molecule is COc1cc2c3cc(OC)c(OC)cc3n(C3CCCCC3)c2cc1OC. The van der Waals surface area contributed by atoms with E-state index in [9.17, 15) is 0 Å². The zero-order chi connectivity index (χ0) is 19.0. The van der Waals surface area contributed by atoms with Crippen LogP contribution in [-0.2, 0) is 0 Å². The highest BCUT2D eigenvalue weighted by Crippen LogP contribution is 2.44. The molecule has 0 amide bonds. The average molecular weight is 369 g/mol. The van der Waals surface area contributed by atoms with Crippen LogP contribution in [0, 0.1) is 0 Å². The van der Waals surface area contributed by atoms with Gasteiger partial charge in [-0.05, 0) is 25.0 Å². The van der Waals surface area contributed by atoms with Gasteiger partial charge < -0.3 is 23.5 Å². The van der Waals surface area contributed by atoms with Crippen LogP contribution in [0.15, 0.2) is 24.3 Å². The molecule has 0 atom stereocenters. The molecule has 0 spiro atoms. The Hall–Kier alpha value is -2.56. The summed E-state index contributed by atoms with van der Waals surface area (Å²) in [5, 5.41) is 2.29. The number of hydrogen-bond acceptors (Lipinski definition) is 4. The Balaban J connectivity index is 2.08. The maximum atomic E-state index is 5.58. The molecule has 0 bridgehead atoms. The molecule has 5 heteroatoms. The predicted octanol–water partition coefficient (Wildman–Crippen LogP) is 5.33. The van der Waals surface area contributed by atoms with Crippen molar-refractivity contribution in [2.75, 3.05) is 28.4 Å². The monoisotopic (exact) mass is 369 g/mol. The molecule has 1 fully saturated rings. The zero-order valence-electron chi connectivity index (χ0n) is 16.5. The van der Waals surface area contributed by atoms with Gasteiger partial charge >= 0.3 is 0 Å². The number of methoxy groups -OCH3 is 4. The molecule has 4 rings (SSSR count). The first-order valence-electron chi connectivity index (χ1n) is 9.53. The summed E-state index contributed by atoms with van der Waals surface area (Å²) < 4.78 is 24.8. The minimum absolute atomic E-state index is 0.481. The van der Waals surface area contributed by atoms with E-state index in [1.807, 2.05) is 0 Å². The number of hydrogen-bond donors (Lipinski definition) is 0. The molecule has 0 saturated heterocycles. The zero-order valence-corrected chi connectivity index (χ0v) is 16.5. The van der Waals surface area contributed by atoms with Crippen molar-refractivity contribution in [2.45, 2.75) is 38.1 Å². The van der Waals surface area contributed by atoms with E-state index in [1.54, 1.807) is 28.4 Å². The van der Waals surface area contributed by atoms with Gasteiger partial charge in [0.05, 0.1) is 39.5 Å². The summed E-state index contributed by atoms with van der Waals surface area (Å²) in [6.07, 6.45) is 6.25. The number of rotatable bonds is 5. The first-order chi connectivity index (χ1) is 13.2.